The maximum atomic E-state index is 14.2. The number of halogens is 3. The Morgan fingerprint density at radius 3 is 1.69 bits per heavy atom. The van der Waals surface area contributed by atoms with E-state index in [9.17, 15) is 13.2 Å². The van der Waals surface area contributed by atoms with Crippen LogP contribution in [-0.4, -0.2) is 25.2 Å². The van der Waals surface area contributed by atoms with Crippen LogP contribution in [0.3, 0.4) is 0 Å². The fraction of sp³-hybridized carbons (Fsp3) is 0.750. The number of hydrogen-bond acceptors (Lipinski definition) is 2. The third kappa shape index (κ3) is 10.3. The minimum atomic E-state index is -1.00. The highest BCUT2D eigenvalue weighted by Crippen LogP contribution is 2.25. The summed E-state index contributed by atoms with van der Waals surface area (Å²) in [6.07, 6.45) is 13.1. The van der Waals surface area contributed by atoms with Crippen molar-refractivity contribution < 1.29 is 17.9 Å². The first kappa shape index (κ1) is 26.4. The Balaban J connectivity index is 1.98. The van der Waals surface area contributed by atoms with E-state index in [1.54, 1.807) is 7.11 Å². The third-order valence-electron chi connectivity index (χ3n) is 5.55. The summed E-state index contributed by atoms with van der Waals surface area (Å²) in [4.78, 5) is 0. The Kier molecular flexibility index (Phi) is 14.6. The number of hydrogen-bond donors (Lipinski definition) is 0. The summed E-state index contributed by atoms with van der Waals surface area (Å²) < 4.78 is 47.0. The number of benzene rings is 1. The van der Waals surface area contributed by atoms with Crippen molar-refractivity contribution in [1.82, 2.24) is 0 Å². The van der Waals surface area contributed by atoms with Gasteiger partial charge in [-0.25, -0.2) is 13.2 Å². The van der Waals surface area contributed by atoms with E-state index in [-0.39, 0.29) is 23.1 Å². The van der Waals surface area contributed by atoms with Crippen molar-refractivity contribution >= 4 is 11.8 Å². The highest BCUT2D eigenvalue weighted by Gasteiger charge is 2.19. The first-order valence-electron chi connectivity index (χ1n) is 11.2. The van der Waals surface area contributed by atoms with Gasteiger partial charge in [0.15, 0.2) is 11.6 Å². The van der Waals surface area contributed by atoms with Gasteiger partial charge in [-0.1, -0.05) is 51.4 Å². The van der Waals surface area contributed by atoms with Crippen molar-refractivity contribution in [1.29, 1.82) is 0 Å². The number of methoxy groups -OCH3 is 1. The zero-order valence-electron chi connectivity index (χ0n) is 18.6. The van der Waals surface area contributed by atoms with E-state index in [0.29, 0.717) is 6.42 Å². The van der Waals surface area contributed by atoms with Gasteiger partial charge in [0.2, 0.25) is 0 Å². The van der Waals surface area contributed by atoms with Crippen LogP contribution < -0.4 is 0 Å². The maximum absolute atomic E-state index is 14.2. The molecule has 0 bridgehead atoms. The molecule has 0 radical (unpaired) electrons. The van der Waals surface area contributed by atoms with Gasteiger partial charge in [0.1, 0.15) is 5.82 Å². The van der Waals surface area contributed by atoms with Crippen molar-refractivity contribution in [2.75, 3.05) is 25.2 Å². The van der Waals surface area contributed by atoms with Crippen molar-refractivity contribution in [3.05, 3.63) is 34.1 Å². The molecule has 0 amide bonds. The Hall–Kier alpha value is -0.680. The average molecular weight is 433 g/mol. The normalized spacial score (nSPS) is 11.4. The molecule has 1 aromatic carbocycles. The lowest BCUT2D eigenvalue weighted by Gasteiger charge is -2.11. The van der Waals surface area contributed by atoms with E-state index < -0.39 is 17.5 Å². The molecule has 5 heteroatoms. The SMILES string of the molecule is COCCCSCCCCCCCCCCCCc1c(F)c(C)c(C)c(F)c1F. The molecule has 0 aliphatic heterocycles. The molecule has 0 saturated carbocycles. The monoisotopic (exact) mass is 432 g/mol. The largest absolute Gasteiger partial charge is 0.385 e. The fourth-order valence-corrected chi connectivity index (χ4v) is 4.43. The van der Waals surface area contributed by atoms with E-state index in [1.807, 2.05) is 11.8 Å². The van der Waals surface area contributed by atoms with Crippen LogP contribution in [-0.2, 0) is 11.2 Å². The molecule has 0 fully saturated rings. The first-order chi connectivity index (χ1) is 14.0. The summed E-state index contributed by atoms with van der Waals surface area (Å²) in [5.74, 6) is -0.0155. The van der Waals surface area contributed by atoms with Gasteiger partial charge in [-0.2, -0.15) is 11.8 Å². The molecule has 0 unspecified atom stereocenters. The molecular formula is C24H39F3OS. The predicted molar refractivity (Wildman–Crippen MR) is 119 cm³/mol. The van der Waals surface area contributed by atoms with Crippen LogP contribution in [0.15, 0.2) is 0 Å². The zero-order chi connectivity index (χ0) is 21.5. The Morgan fingerprint density at radius 2 is 1.10 bits per heavy atom. The van der Waals surface area contributed by atoms with E-state index in [2.05, 4.69) is 0 Å². The molecule has 0 spiro atoms. The topological polar surface area (TPSA) is 9.23 Å². The highest BCUT2D eigenvalue weighted by molar-refractivity contribution is 7.99. The summed E-state index contributed by atoms with van der Waals surface area (Å²) in [6.45, 7) is 3.80. The third-order valence-corrected chi connectivity index (χ3v) is 6.70. The molecule has 1 rings (SSSR count). The molecule has 29 heavy (non-hydrogen) atoms. The van der Waals surface area contributed by atoms with Crippen LogP contribution in [0.4, 0.5) is 13.2 Å². The van der Waals surface area contributed by atoms with E-state index in [4.69, 9.17) is 4.74 Å². The Bertz CT molecular complexity index is 549. The van der Waals surface area contributed by atoms with Crippen molar-refractivity contribution in [2.24, 2.45) is 0 Å². The van der Waals surface area contributed by atoms with Gasteiger partial charge in [-0.15, -0.1) is 0 Å². The molecule has 0 saturated heterocycles. The summed E-state index contributed by atoms with van der Waals surface area (Å²) in [5.41, 5.74) is 0.218. The molecule has 0 heterocycles. The number of rotatable bonds is 17. The van der Waals surface area contributed by atoms with Gasteiger partial charge < -0.3 is 4.74 Å². The summed E-state index contributed by atoms with van der Waals surface area (Å²) >= 11 is 2.03. The Morgan fingerprint density at radius 1 is 0.621 bits per heavy atom. The molecule has 0 atom stereocenters. The lowest BCUT2D eigenvalue weighted by molar-refractivity contribution is 0.200. The number of unbranched alkanes of at least 4 members (excludes halogenated alkanes) is 9. The Labute approximate surface area is 180 Å². The smallest absolute Gasteiger partial charge is 0.165 e. The minimum absolute atomic E-state index is 0.0737. The van der Waals surface area contributed by atoms with Gasteiger partial charge in [0.25, 0.3) is 0 Å². The highest BCUT2D eigenvalue weighted by atomic mass is 32.2. The second-order valence-electron chi connectivity index (χ2n) is 7.91. The molecule has 168 valence electrons. The summed E-state index contributed by atoms with van der Waals surface area (Å²) in [6, 6.07) is 0. The number of ether oxygens (including phenoxy) is 1. The zero-order valence-corrected chi connectivity index (χ0v) is 19.4. The van der Waals surface area contributed by atoms with Gasteiger partial charge >= 0.3 is 0 Å². The second-order valence-corrected chi connectivity index (χ2v) is 9.14. The summed E-state index contributed by atoms with van der Waals surface area (Å²) in [7, 11) is 1.75. The van der Waals surface area contributed by atoms with Crippen LogP contribution in [0.25, 0.3) is 0 Å². The maximum Gasteiger partial charge on any atom is 0.165 e. The van der Waals surface area contributed by atoms with Gasteiger partial charge in [-0.3, -0.25) is 0 Å². The lowest BCUT2D eigenvalue weighted by Crippen LogP contribution is -2.05. The van der Waals surface area contributed by atoms with Crippen LogP contribution in [0.1, 0.15) is 87.3 Å². The molecule has 1 nitrogen and oxygen atoms in total. The molecule has 0 aromatic heterocycles. The standard InChI is InChI=1S/C24H39F3OS/c1-19-20(2)23(26)24(27)21(22(19)25)15-12-10-8-6-4-5-7-9-11-13-17-29-18-14-16-28-3/h4-18H2,1-3H3. The van der Waals surface area contributed by atoms with E-state index in [1.165, 1.54) is 70.3 Å². The van der Waals surface area contributed by atoms with E-state index >= 15 is 0 Å². The molecule has 0 N–H and O–H groups in total. The lowest BCUT2D eigenvalue weighted by atomic mass is 9.98. The van der Waals surface area contributed by atoms with Gasteiger partial charge in [-0.05, 0) is 62.2 Å². The summed E-state index contributed by atoms with van der Waals surface area (Å²) in [5, 5.41) is 0. The minimum Gasteiger partial charge on any atom is -0.385 e. The van der Waals surface area contributed by atoms with Crippen LogP contribution in [0.2, 0.25) is 0 Å². The molecule has 0 aliphatic carbocycles. The predicted octanol–water partition coefficient (Wildman–Crippen LogP) is 7.93. The average Bonchev–Trinajstić information content (AvgIpc) is 2.72. The van der Waals surface area contributed by atoms with Gasteiger partial charge in [0.05, 0.1) is 0 Å². The van der Waals surface area contributed by atoms with Crippen LogP contribution in [0.5, 0.6) is 0 Å². The van der Waals surface area contributed by atoms with Crippen LogP contribution in [0, 0.1) is 31.3 Å². The van der Waals surface area contributed by atoms with E-state index in [0.717, 1.165) is 25.9 Å². The fourth-order valence-electron chi connectivity index (χ4n) is 3.50. The molecule has 0 aliphatic rings. The molecule has 1 aromatic rings. The van der Waals surface area contributed by atoms with Crippen LogP contribution >= 0.6 is 11.8 Å². The number of thioether (sulfide) groups is 1. The molecular weight excluding hydrogens is 393 g/mol. The van der Waals surface area contributed by atoms with Crippen molar-refractivity contribution in [2.45, 2.75) is 90.9 Å². The first-order valence-corrected chi connectivity index (χ1v) is 12.3. The second kappa shape index (κ2) is 16.1. The van der Waals surface area contributed by atoms with Gasteiger partial charge in [0, 0.05) is 19.3 Å². The van der Waals surface area contributed by atoms with Crippen molar-refractivity contribution in [3.63, 3.8) is 0 Å². The van der Waals surface area contributed by atoms with Crippen molar-refractivity contribution in [3.8, 4) is 0 Å². The quantitative estimate of drug-likeness (QED) is 0.182.